The average Bonchev–Trinajstić information content (AvgIpc) is 3.19. The minimum atomic E-state index is -3.65. The largest absolute Gasteiger partial charge is 0.396 e. The number of nitrogens with one attached hydrogen (secondary N) is 3. The average molecular weight is 563 g/mol. The summed E-state index contributed by atoms with van der Waals surface area (Å²) >= 11 is 0. The summed E-state index contributed by atoms with van der Waals surface area (Å²) < 4.78 is 32.7. The van der Waals surface area contributed by atoms with Gasteiger partial charge in [0, 0.05) is 50.6 Å². The number of ether oxygens (including phenoxy) is 1. The number of allylic oxidation sites excluding steroid dienone is 4. The molecule has 1 saturated carbocycles. The molecular formula is C26H38N6O6S. The van der Waals surface area contributed by atoms with Gasteiger partial charge >= 0.3 is 0 Å². The Kier molecular flexibility index (Phi) is 10.5. The predicted molar refractivity (Wildman–Crippen MR) is 147 cm³/mol. The molecule has 0 atom stereocenters. The second-order valence-electron chi connectivity index (χ2n) is 9.80. The molecule has 1 aromatic rings. The SMILES string of the molecule is O=C(NC1=CC=C(S(=O)(=O)N2CCOCC2)C=CC1)c1cnc(NCCCCO)nc1NC1CCC(O)CC1. The lowest BCUT2D eigenvalue weighted by molar-refractivity contribution is 0.0734. The molecule has 0 aromatic carbocycles. The van der Waals surface area contributed by atoms with Gasteiger partial charge in [-0.05, 0) is 56.8 Å². The molecule has 1 saturated heterocycles. The number of amides is 1. The van der Waals surface area contributed by atoms with E-state index in [1.807, 2.05) is 0 Å². The number of aromatic nitrogens is 2. The van der Waals surface area contributed by atoms with Crippen LogP contribution in [0.4, 0.5) is 11.8 Å². The third-order valence-corrected chi connectivity index (χ3v) is 8.80. The molecule has 2 heterocycles. The first kappa shape index (κ1) is 29.2. The Morgan fingerprint density at radius 2 is 1.90 bits per heavy atom. The smallest absolute Gasteiger partial charge is 0.260 e. The van der Waals surface area contributed by atoms with Crippen LogP contribution in [0.15, 0.2) is 41.1 Å². The standard InChI is InChI=1S/C26H38N6O6S/c33-15-2-1-12-27-26-28-18-23(24(31-26)29-20-6-9-21(34)10-7-20)25(35)30-19-4-3-5-22(11-8-19)39(36,37)32-13-16-38-17-14-32/h3,5,8,11,18,20-21,33-34H,1-2,4,6-7,9-10,12-17H2,(H,30,35)(H2,27,28,29,31). The maximum Gasteiger partial charge on any atom is 0.260 e. The number of hydrogen-bond donors (Lipinski definition) is 5. The van der Waals surface area contributed by atoms with Gasteiger partial charge in [0.15, 0.2) is 0 Å². The van der Waals surface area contributed by atoms with Gasteiger partial charge in [-0.2, -0.15) is 9.29 Å². The quantitative estimate of drug-likeness (QED) is 0.249. The Hall–Kier alpha value is -2.84. The highest BCUT2D eigenvalue weighted by Gasteiger charge is 2.28. The monoisotopic (exact) mass is 562 g/mol. The number of aliphatic hydroxyl groups excluding tert-OH is 2. The van der Waals surface area contributed by atoms with Crippen molar-refractivity contribution in [3.63, 3.8) is 0 Å². The summed E-state index contributed by atoms with van der Waals surface area (Å²) in [4.78, 5) is 22.4. The number of anilines is 2. The summed E-state index contributed by atoms with van der Waals surface area (Å²) in [6.45, 7) is 2.05. The van der Waals surface area contributed by atoms with Crippen LogP contribution in [0.3, 0.4) is 0 Å². The zero-order valence-corrected chi connectivity index (χ0v) is 22.8. The first-order chi connectivity index (χ1) is 18.9. The van der Waals surface area contributed by atoms with E-state index in [9.17, 15) is 18.3 Å². The number of unbranched alkanes of at least 4 members (excludes halogenated alkanes) is 1. The van der Waals surface area contributed by atoms with Crippen LogP contribution < -0.4 is 16.0 Å². The number of morpholine rings is 1. The molecule has 0 radical (unpaired) electrons. The molecule has 12 nitrogen and oxygen atoms in total. The maximum absolute atomic E-state index is 13.3. The normalized spacial score (nSPS) is 22.4. The Bertz CT molecular complexity index is 1190. The lowest BCUT2D eigenvalue weighted by atomic mass is 9.93. The highest BCUT2D eigenvalue weighted by atomic mass is 32.2. The van der Waals surface area contributed by atoms with Crippen molar-refractivity contribution in [1.82, 2.24) is 19.6 Å². The third kappa shape index (κ3) is 8.08. The first-order valence-electron chi connectivity index (χ1n) is 13.5. The van der Waals surface area contributed by atoms with Gasteiger partial charge in [-0.3, -0.25) is 4.79 Å². The summed E-state index contributed by atoms with van der Waals surface area (Å²) in [6, 6.07) is 0.0630. The number of sulfonamides is 1. The van der Waals surface area contributed by atoms with Crippen molar-refractivity contribution >= 4 is 27.7 Å². The summed E-state index contributed by atoms with van der Waals surface area (Å²) in [7, 11) is -3.65. The van der Waals surface area contributed by atoms with Gasteiger partial charge in [0.05, 0.1) is 24.2 Å². The summed E-state index contributed by atoms with van der Waals surface area (Å²) in [6.07, 6.45) is 12.2. The topological polar surface area (TPSA) is 166 Å². The lowest BCUT2D eigenvalue weighted by Gasteiger charge is -2.27. The Balaban J connectivity index is 1.49. The molecule has 5 N–H and O–H groups in total. The molecule has 4 rings (SSSR count). The fourth-order valence-corrected chi connectivity index (χ4v) is 6.05. The van der Waals surface area contributed by atoms with Crippen LogP contribution in [0.5, 0.6) is 0 Å². The Morgan fingerprint density at radius 1 is 1.13 bits per heavy atom. The summed E-state index contributed by atoms with van der Waals surface area (Å²) in [5.41, 5.74) is 0.808. The van der Waals surface area contributed by atoms with E-state index < -0.39 is 15.9 Å². The van der Waals surface area contributed by atoms with Gasteiger partial charge in [-0.25, -0.2) is 13.4 Å². The van der Waals surface area contributed by atoms with Crippen LogP contribution in [0, 0.1) is 0 Å². The molecule has 0 spiro atoms. The van der Waals surface area contributed by atoms with Crippen molar-refractivity contribution in [2.45, 2.75) is 57.1 Å². The van der Waals surface area contributed by atoms with Crippen molar-refractivity contribution < 1.29 is 28.2 Å². The number of carbonyl (C=O) groups excluding carboxylic acids is 1. The van der Waals surface area contributed by atoms with Crippen molar-refractivity contribution in [2.75, 3.05) is 50.1 Å². The van der Waals surface area contributed by atoms with Gasteiger partial charge in [0.1, 0.15) is 11.4 Å². The number of carbonyl (C=O) groups is 1. The second-order valence-corrected chi connectivity index (χ2v) is 11.7. The second kappa shape index (κ2) is 14.0. The molecule has 214 valence electrons. The molecule has 2 fully saturated rings. The van der Waals surface area contributed by atoms with E-state index in [0.717, 1.165) is 19.3 Å². The molecule has 39 heavy (non-hydrogen) atoms. The van der Waals surface area contributed by atoms with Crippen molar-refractivity contribution in [3.8, 4) is 0 Å². The lowest BCUT2D eigenvalue weighted by Crippen LogP contribution is -2.40. The molecule has 1 aromatic heterocycles. The van der Waals surface area contributed by atoms with Crippen molar-refractivity contribution in [3.05, 3.63) is 46.7 Å². The highest BCUT2D eigenvalue weighted by Crippen LogP contribution is 2.25. The number of hydrogen-bond acceptors (Lipinski definition) is 10. The highest BCUT2D eigenvalue weighted by molar-refractivity contribution is 7.93. The van der Waals surface area contributed by atoms with E-state index in [2.05, 4.69) is 25.9 Å². The maximum atomic E-state index is 13.3. The van der Waals surface area contributed by atoms with Crippen LogP contribution in [0.1, 0.15) is 55.3 Å². The Labute approximate surface area is 229 Å². The van der Waals surface area contributed by atoms with E-state index in [1.165, 1.54) is 16.6 Å². The van der Waals surface area contributed by atoms with Gasteiger partial charge in [-0.1, -0.05) is 6.08 Å². The van der Waals surface area contributed by atoms with Gasteiger partial charge in [0.2, 0.25) is 16.0 Å². The molecular weight excluding hydrogens is 524 g/mol. The minimum absolute atomic E-state index is 0.0630. The molecule has 13 heteroatoms. The van der Waals surface area contributed by atoms with E-state index in [4.69, 9.17) is 9.84 Å². The summed E-state index contributed by atoms with van der Waals surface area (Å²) in [5, 5.41) is 28.2. The molecule has 0 unspecified atom stereocenters. The first-order valence-corrected chi connectivity index (χ1v) is 14.9. The van der Waals surface area contributed by atoms with Gasteiger partial charge in [-0.15, -0.1) is 0 Å². The zero-order chi connectivity index (χ0) is 27.7. The third-order valence-electron chi connectivity index (χ3n) is 6.89. The molecule has 1 amide bonds. The predicted octanol–water partition coefficient (Wildman–Crippen LogP) is 1.50. The van der Waals surface area contributed by atoms with Gasteiger partial charge < -0.3 is 30.9 Å². The number of rotatable bonds is 11. The van der Waals surface area contributed by atoms with E-state index >= 15 is 0 Å². The Morgan fingerprint density at radius 3 is 2.64 bits per heavy atom. The number of nitrogens with zero attached hydrogens (tertiary/aromatic N) is 3. The molecule has 1 aliphatic heterocycles. The fourth-order valence-electron chi connectivity index (χ4n) is 4.62. The molecule has 0 bridgehead atoms. The summed E-state index contributed by atoms with van der Waals surface area (Å²) in [5.74, 6) is 0.359. The van der Waals surface area contributed by atoms with Gasteiger partial charge in [0.25, 0.3) is 5.91 Å². The molecule has 2 aliphatic carbocycles. The fraction of sp³-hybridized carbons (Fsp3) is 0.577. The van der Waals surface area contributed by atoms with Crippen LogP contribution in [0.25, 0.3) is 0 Å². The van der Waals surface area contributed by atoms with Crippen molar-refractivity contribution in [2.24, 2.45) is 0 Å². The van der Waals surface area contributed by atoms with E-state index in [-0.39, 0.29) is 29.2 Å². The number of aliphatic hydroxyl groups is 2. The van der Waals surface area contributed by atoms with Crippen LogP contribution >= 0.6 is 0 Å². The van der Waals surface area contributed by atoms with Crippen LogP contribution in [-0.4, -0.2) is 90.4 Å². The van der Waals surface area contributed by atoms with Crippen LogP contribution in [0.2, 0.25) is 0 Å². The van der Waals surface area contributed by atoms with E-state index in [1.54, 1.807) is 18.2 Å². The van der Waals surface area contributed by atoms with E-state index in [0.29, 0.717) is 76.0 Å². The van der Waals surface area contributed by atoms with Crippen LogP contribution in [-0.2, 0) is 14.8 Å². The minimum Gasteiger partial charge on any atom is -0.396 e. The van der Waals surface area contributed by atoms with Crippen molar-refractivity contribution in [1.29, 1.82) is 0 Å². The molecule has 3 aliphatic rings. The zero-order valence-electron chi connectivity index (χ0n) is 22.0.